The Morgan fingerprint density at radius 2 is 2.21 bits per heavy atom. The molecule has 5 nitrogen and oxygen atoms in total. The number of hydrogen-bond donors (Lipinski definition) is 3. The summed E-state index contributed by atoms with van der Waals surface area (Å²) in [5.41, 5.74) is 4.68. The Balaban J connectivity index is 3.27. The molecule has 1 aromatic rings. The Kier molecular flexibility index (Phi) is 2.44. The van der Waals surface area contributed by atoms with Crippen molar-refractivity contribution in [3.63, 3.8) is 0 Å². The number of carboxylic acid groups (broad SMARTS) is 1. The van der Waals surface area contributed by atoms with Crippen molar-refractivity contribution in [2.45, 2.75) is 19.4 Å². The fourth-order valence-electron chi connectivity index (χ4n) is 1.02. The molecule has 0 saturated heterocycles. The molecule has 0 spiro atoms. The first-order valence-corrected chi connectivity index (χ1v) is 4.08. The Hall–Kier alpha value is -1.62. The van der Waals surface area contributed by atoms with Gasteiger partial charge in [-0.3, -0.25) is 4.79 Å². The van der Waals surface area contributed by atoms with Gasteiger partial charge in [-0.15, -0.1) is 0 Å². The van der Waals surface area contributed by atoms with E-state index < -0.39 is 11.5 Å². The van der Waals surface area contributed by atoms with Crippen LogP contribution in [0, 0.1) is 6.92 Å². The molecule has 14 heavy (non-hydrogen) atoms. The lowest BCUT2D eigenvalue weighted by molar-refractivity contribution is -0.143. The smallest absolute Gasteiger partial charge is 0.328 e. The standard InChI is InChI=1S/C9H12N2O3/c1-5-3-6(4-11-7(5)12)9(2,10)8(13)14/h3-4H,10H2,1-2H3,(H,11,12)(H,13,14)/t9-/m0/s1. The van der Waals surface area contributed by atoms with Gasteiger partial charge < -0.3 is 15.8 Å². The summed E-state index contributed by atoms with van der Waals surface area (Å²) in [5, 5.41) is 8.84. The number of carboxylic acids is 1. The molecule has 76 valence electrons. The van der Waals surface area contributed by atoms with Crippen molar-refractivity contribution in [1.29, 1.82) is 0 Å². The van der Waals surface area contributed by atoms with Crippen LogP contribution < -0.4 is 11.3 Å². The Labute approximate surface area is 80.6 Å². The van der Waals surface area contributed by atoms with Gasteiger partial charge in [0.1, 0.15) is 5.54 Å². The second-order valence-electron chi connectivity index (χ2n) is 3.41. The summed E-state index contributed by atoms with van der Waals surface area (Å²) >= 11 is 0. The lowest BCUT2D eigenvalue weighted by atomic mass is 9.94. The number of pyridine rings is 1. The van der Waals surface area contributed by atoms with Crippen molar-refractivity contribution >= 4 is 5.97 Å². The molecule has 0 bridgehead atoms. The number of aromatic amines is 1. The zero-order valence-electron chi connectivity index (χ0n) is 8.00. The van der Waals surface area contributed by atoms with E-state index in [1.165, 1.54) is 19.2 Å². The third-order valence-electron chi connectivity index (χ3n) is 2.13. The van der Waals surface area contributed by atoms with Crippen LogP contribution >= 0.6 is 0 Å². The van der Waals surface area contributed by atoms with E-state index in [1.807, 2.05) is 0 Å². The Morgan fingerprint density at radius 3 is 2.64 bits per heavy atom. The maximum atomic E-state index is 11.0. The zero-order chi connectivity index (χ0) is 10.9. The van der Waals surface area contributed by atoms with Crippen molar-refractivity contribution in [1.82, 2.24) is 4.98 Å². The topological polar surface area (TPSA) is 96.2 Å². The molecular weight excluding hydrogens is 184 g/mol. The summed E-state index contributed by atoms with van der Waals surface area (Å²) < 4.78 is 0. The van der Waals surface area contributed by atoms with Gasteiger partial charge in [-0.05, 0) is 25.5 Å². The van der Waals surface area contributed by atoms with E-state index in [1.54, 1.807) is 6.92 Å². The number of nitrogens with two attached hydrogens (primary N) is 1. The average molecular weight is 196 g/mol. The minimum absolute atomic E-state index is 0.241. The lowest BCUT2D eigenvalue weighted by Gasteiger charge is -2.19. The zero-order valence-corrected chi connectivity index (χ0v) is 8.00. The van der Waals surface area contributed by atoms with Crippen molar-refractivity contribution in [2.24, 2.45) is 5.73 Å². The second kappa shape index (κ2) is 3.26. The number of aromatic nitrogens is 1. The maximum Gasteiger partial charge on any atom is 0.328 e. The minimum atomic E-state index is -1.48. The van der Waals surface area contributed by atoms with Crippen LogP contribution in [0.4, 0.5) is 0 Å². The largest absolute Gasteiger partial charge is 0.480 e. The Bertz CT molecular complexity index is 420. The van der Waals surface area contributed by atoms with E-state index in [-0.39, 0.29) is 5.56 Å². The number of hydrogen-bond acceptors (Lipinski definition) is 3. The van der Waals surface area contributed by atoms with E-state index in [9.17, 15) is 9.59 Å². The molecule has 0 fully saturated rings. The summed E-state index contributed by atoms with van der Waals surface area (Å²) in [5.74, 6) is -1.14. The third kappa shape index (κ3) is 1.67. The van der Waals surface area contributed by atoms with Crippen LogP contribution in [-0.4, -0.2) is 16.1 Å². The molecule has 0 amide bonds. The molecule has 0 radical (unpaired) electrons. The van der Waals surface area contributed by atoms with Crippen molar-refractivity contribution in [2.75, 3.05) is 0 Å². The molecule has 5 heteroatoms. The summed E-state index contributed by atoms with van der Waals surface area (Å²) in [4.78, 5) is 24.3. The summed E-state index contributed by atoms with van der Waals surface area (Å²) in [6.45, 7) is 2.97. The highest BCUT2D eigenvalue weighted by atomic mass is 16.4. The van der Waals surface area contributed by atoms with Gasteiger partial charge in [-0.2, -0.15) is 0 Å². The fraction of sp³-hybridized carbons (Fsp3) is 0.333. The van der Waals surface area contributed by atoms with Gasteiger partial charge in [-0.1, -0.05) is 0 Å². The minimum Gasteiger partial charge on any atom is -0.480 e. The first-order chi connectivity index (χ1) is 6.35. The monoisotopic (exact) mass is 196 g/mol. The SMILES string of the molecule is Cc1cc([C@](C)(N)C(=O)O)c[nH]c1=O. The quantitative estimate of drug-likeness (QED) is 0.617. The molecule has 0 aliphatic rings. The highest BCUT2D eigenvalue weighted by molar-refractivity contribution is 5.79. The van der Waals surface area contributed by atoms with Gasteiger partial charge in [0.2, 0.25) is 0 Å². The highest BCUT2D eigenvalue weighted by Crippen LogP contribution is 2.16. The summed E-state index contributed by atoms with van der Waals surface area (Å²) in [6.07, 6.45) is 1.32. The van der Waals surface area contributed by atoms with Gasteiger partial charge in [0, 0.05) is 11.8 Å². The number of nitrogens with one attached hydrogen (secondary N) is 1. The average Bonchev–Trinajstić information content (AvgIpc) is 2.09. The van der Waals surface area contributed by atoms with E-state index in [0.717, 1.165) is 0 Å². The van der Waals surface area contributed by atoms with Gasteiger partial charge in [0.25, 0.3) is 5.56 Å². The van der Waals surface area contributed by atoms with E-state index >= 15 is 0 Å². The van der Waals surface area contributed by atoms with E-state index in [4.69, 9.17) is 10.8 Å². The molecule has 1 rings (SSSR count). The highest BCUT2D eigenvalue weighted by Gasteiger charge is 2.30. The molecule has 0 unspecified atom stereocenters. The Morgan fingerprint density at radius 1 is 1.64 bits per heavy atom. The molecule has 0 aromatic carbocycles. The predicted molar refractivity (Wildman–Crippen MR) is 51.0 cm³/mol. The van der Waals surface area contributed by atoms with Gasteiger partial charge in [0.05, 0.1) is 0 Å². The predicted octanol–water partition coefficient (Wildman–Crippen LogP) is -0.0582. The van der Waals surface area contributed by atoms with Crippen molar-refractivity contribution < 1.29 is 9.90 Å². The molecular formula is C9H12N2O3. The van der Waals surface area contributed by atoms with Gasteiger partial charge >= 0.3 is 5.97 Å². The third-order valence-corrected chi connectivity index (χ3v) is 2.13. The van der Waals surface area contributed by atoms with Crippen molar-refractivity contribution in [3.8, 4) is 0 Å². The van der Waals surface area contributed by atoms with Crippen LogP contribution in [0.3, 0.4) is 0 Å². The van der Waals surface area contributed by atoms with E-state index in [0.29, 0.717) is 11.1 Å². The molecule has 0 aliphatic carbocycles. The van der Waals surface area contributed by atoms with Crippen LogP contribution in [0.25, 0.3) is 0 Å². The van der Waals surface area contributed by atoms with Crippen molar-refractivity contribution in [3.05, 3.63) is 33.7 Å². The summed E-state index contributed by atoms with van der Waals surface area (Å²) in [7, 11) is 0. The molecule has 0 aliphatic heterocycles. The fourth-order valence-corrected chi connectivity index (χ4v) is 1.02. The molecule has 1 aromatic heterocycles. The number of aliphatic carboxylic acids is 1. The van der Waals surface area contributed by atoms with E-state index in [2.05, 4.69) is 4.98 Å². The van der Waals surface area contributed by atoms with Gasteiger partial charge in [0.15, 0.2) is 0 Å². The molecule has 1 atom stereocenters. The first kappa shape index (κ1) is 10.5. The van der Waals surface area contributed by atoms with Crippen LogP contribution in [-0.2, 0) is 10.3 Å². The first-order valence-electron chi connectivity index (χ1n) is 4.08. The van der Waals surface area contributed by atoms with Crippen LogP contribution in [0.2, 0.25) is 0 Å². The second-order valence-corrected chi connectivity index (χ2v) is 3.41. The van der Waals surface area contributed by atoms with Gasteiger partial charge in [-0.25, -0.2) is 4.79 Å². The maximum absolute atomic E-state index is 11.0. The van der Waals surface area contributed by atoms with Crippen LogP contribution in [0.1, 0.15) is 18.1 Å². The van der Waals surface area contributed by atoms with Crippen LogP contribution in [0.15, 0.2) is 17.1 Å². The number of aryl methyl sites for hydroxylation is 1. The molecule has 0 saturated carbocycles. The molecule has 4 N–H and O–H groups in total. The van der Waals surface area contributed by atoms with Crippen LogP contribution in [0.5, 0.6) is 0 Å². The number of H-pyrrole nitrogens is 1. The normalized spacial score (nSPS) is 14.8. The number of rotatable bonds is 2. The summed E-state index contributed by atoms with van der Waals surface area (Å²) in [6, 6.07) is 1.48. The lowest BCUT2D eigenvalue weighted by Crippen LogP contribution is -2.42. The number of carbonyl (C=O) groups is 1. The molecule has 1 heterocycles.